The van der Waals surface area contributed by atoms with E-state index in [1.807, 2.05) is 12.1 Å². The smallest absolute Gasteiger partial charge is 0.308 e. The average Bonchev–Trinajstić information content (AvgIpc) is 3.25. The Hall–Kier alpha value is -4.28. The molecule has 11 heteroatoms. The highest BCUT2D eigenvalue weighted by Gasteiger charge is 2.30. The topological polar surface area (TPSA) is 132 Å². The van der Waals surface area contributed by atoms with Crippen molar-refractivity contribution in [2.24, 2.45) is 5.92 Å². The van der Waals surface area contributed by atoms with Gasteiger partial charge in [0.05, 0.1) is 46.1 Å². The van der Waals surface area contributed by atoms with Crippen LogP contribution in [0.3, 0.4) is 0 Å². The summed E-state index contributed by atoms with van der Waals surface area (Å²) in [5.74, 6) is 0.933. The summed E-state index contributed by atoms with van der Waals surface area (Å²) in [6, 6.07) is 6.69. The molecule has 0 aromatic heterocycles. The molecule has 2 aromatic rings. The lowest BCUT2D eigenvalue weighted by molar-refractivity contribution is -0.148. The van der Waals surface area contributed by atoms with Crippen LogP contribution in [0.25, 0.3) is 11.1 Å². The minimum Gasteiger partial charge on any atom is -0.493 e. The first-order valence-corrected chi connectivity index (χ1v) is 14.6. The number of methoxy groups -OCH3 is 4. The fourth-order valence-electron chi connectivity index (χ4n) is 6.01. The van der Waals surface area contributed by atoms with Crippen LogP contribution in [0.2, 0.25) is 0 Å². The van der Waals surface area contributed by atoms with Crippen LogP contribution in [0.1, 0.15) is 56.2 Å². The summed E-state index contributed by atoms with van der Waals surface area (Å²) < 4.78 is 21.9. The molecule has 2 aliphatic rings. The number of hydrogen-bond acceptors (Lipinski definition) is 9. The van der Waals surface area contributed by atoms with E-state index >= 15 is 0 Å². The third kappa shape index (κ3) is 7.03. The summed E-state index contributed by atoms with van der Waals surface area (Å²) in [6.07, 6.45) is 3.26. The second-order valence-corrected chi connectivity index (χ2v) is 10.8. The van der Waals surface area contributed by atoms with E-state index in [0.717, 1.165) is 16.7 Å². The number of amides is 2. The van der Waals surface area contributed by atoms with Crippen molar-refractivity contribution in [2.45, 2.75) is 51.5 Å². The molecule has 1 heterocycles. The van der Waals surface area contributed by atoms with Crippen molar-refractivity contribution in [1.29, 1.82) is 0 Å². The van der Waals surface area contributed by atoms with E-state index in [9.17, 15) is 19.2 Å². The molecule has 0 bridgehead atoms. The molecule has 4 rings (SSSR count). The number of nitrogens with one attached hydrogen (secondary N) is 2. The van der Waals surface area contributed by atoms with Crippen molar-refractivity contribution >= 4 is 23.5 Å². The second-order valence-electron chi connectivity index (χ2n) is 10.8. The Morgan fingerprint density at radius 3 is 2.30 bits per heavy atom. The number of ether oxygens (including phenoxy) is 4. The van der Waals surface area contributed by atoms with Crippen molar-refractivity contribution in [3.8, 4) is 28.4 Å². The number of hydrogen-bond donors (Lipinski definition) is 2. The molecule has 1 fully saturated rings. The van der Waals surface area contributed by atoms with Crippen molar-refractivity contribution in [1.82, 2.24) is 10.2 Å². The minimum atomic E-state index is -0.393. The zero-order valence-electron chi connectivity index (χ0n) is 25.5. The average molecular weight is 596 g/mol. The molecule has 2 aromatic carbocycles. The fraction of sp³-hybridized carbons (Fsp3) is 0.500. The van der Waals surface area contributed by atoms with Crippen LogP contribution in [0.15, 0.2) is 29.1 Å². The number of benzene rings is 1. The SMILES string of the molecule is COC(=O)C1CCN(C(=O)CCCNc2ccc3c(cc2=O)[C@@H](NC(C)=O)CCc2cc(OC)c(OC)c(OC)c2-3)CC1. The van der Waals surface area contributed by atoms with Gasteiger partial charge in [0.1, 0.15) is 0 Å². The summed E-state index contributed by atoms with van der Waals surface area (Å²) in [4.78, 5) is 51.9. The first-order valence-electron chi connectivity index (χ1n) is 14.6. The number of esters is 1. The second kappa shape index (κ2) is 14.3. The number of carbonyl (C=O) groups is 3. The molecule has 2 amide bonds. The van der Waals surface area contributed by atoms with Crippen molar-refractivity contribution in [3.63, 3.8) is 0 Å². The monoisotopic (exact) mass is 595 g/mol. The quantitative estimate of drug-likeness (QED) is 0.313. The van der Waals surface area contributed by atoms with Gasteiger partial charge in [-0.15, -0.1) is 0 Å². The molecule has 0 unspecified atom stereocenters. The van der Waals surface area contributed by atoms with Gasteiger partial charge in [0.2, 0.25) is 23.0 Å². The summed E-state index contributed by atoms with van der Waals surface area (Å²) in [5.41, 5.74) is 3.33. The lowest BCUT2D eigenvalue weighted by Crippen LogP contribution is -2.40. The minimum absolute atomic E-state index is 0.0315. The van der Waals surface area contributed by atoms with Gasteiger partial charge >= 0.3 is 5.97 Å². The van der Waals surface area contributed by atoms with Crippen molar-refractivity contribution in [3.05, 3.63) is 45.6 Å². The molecule has 0 saturated carbocycles. The van der Waals surface area contributed by atoms with Crippen LogP contribution in [0.4, 0.5) is 5.69 Å². The van der Waals surface area contributed by atoms with Gasteiger partial charge in [0.15, 0.2) is 11.5 Å². The van der Waals surface area contributed by atoms with Gasteiger partial charge < -0.3 is 34.5 Å². The number of piperidine rings is 1. The van der Waals surface area contributed by atoms with Gasteiger partial charge in [-0.1, -0.05) is 6.07 Å². The van der Waals surface area contributed by atoms with E-state index < -0.39 is 6.04 Å². The predicted octanol–water partition coefficient (Wildman–Crippen LogP) is 3.47. The molecule has 2 N–H and O–H groups in total. The Morgan fingerprint density at radius 2 is 1.67 bits per heavy atom. The van der Waals surface area contributed by atoms with E-state index in [0.29, 0.717) is 86.7 Å². The van der Waals surface area contributed by atoms with Crippen molar-refractivity contribution in [2.75, 3.05) is 53.4 Å². The standard InChI is InChI=1S/C32H41N3O8/c1-19(36)34-24-10-8-21-17-27(40-2)30(41-3)31(42-4)29(21)22-9-11-25(26(37)18-23(22)24)33-14-6-7-28(38)35-15-12-20(13-16-35)32(39)43-5/h9,11,17-18,20,24H,6-8,10,12-16H2,1-5H3,(H,33,37)(H,34,36)/t24-/m0/s1. The molecule has 0 spiro atoms. The fourth-order valence-corrected chi connectivity index (χ4v) is 6.01. The Balaban J connectivity index is 1.56. The third-order valence-electron chi connectivity index (χ3n) is 8.18. The first kappa shape index (κ1) is 31.7. The Labute approximate surface area is 251 Å². The summed E-state index contributed by atoms with van der Waals surface area (Å²) in [5, 5.41) is 6.21. The number of likely N-dealkylation sites (tertiary alicyclic amines) is 1. The van der Waals surface area contributed by atoms with Crippen LogP contribution in [-0.2, 0) is 25.5 Å². The maximum atomic E-state index is 13.4. The van der Waals surface area contributed by atoms with Gasteiger partial charge in [-0.05, 0) is 67.0 Å². The van der Waals surface area contributed by atoms with Crippen LogP contribution < -0.4 is 30.3 Å². The number of fused-ring (bicyclic) bond motifs is 3. The summed E-state index contributed by atoms with van der Waals surface area (Å²) in [7, 11) is 6.05. The Bertz CT molecular complexity index is 1420. The Morgan fingerprint density at radius 1 is 0.953 bits per heavy atom. The molecular formula is C32H41N3O8. The summed E-state index contributed by atoms with van der Waals surface area (Å²) >= 11 is 0. The van der Waals surface area contributed by atoms with E-state index in [1.165, 1.54) is 14.0 Å². The van der Waals surface area contributed by atoms with Crippen LogP contribution in [0.5, 0.6) is 17.2 Å². The normalized spacial score (nSPS) is 16.2. The molecule has 1 aliphatic heterocycles. The zero-order valence-corrected chi connectivity index (χ0v) is 25.5. The lowest BCUT2D eigenvalue weighted by Gasteiger charge is -2.30. The third-order valence-corrected chi connectivity index (χ3v) is 8.18. The number of anilines is 1. The molecule has 1 atom stereocenters. The Kier molecular flexibility index (Phi) is 10.5. The predicted molar refractivity (Wildman–Crippen MR) is 162 cm³/mol. The molecule has 11 nitrogen and oxygen atoms in total. The lowest BCUT2D eigenvalue weighted by atomic mass is 9.95. The summed E-state index contributed by atoms with van der Waals surface area (Å²) in [6.45, 7) is 2.96. The maximum Gasteiger partial charge on any atom is 0.308 e. The highest BCUT2D eigenvalue weighted by Crippen LogP contribution is 2.50. The maximum absolute atomic E-state index is 13.4. The number of rotatable bonds is 10. The van der Waals surface area contributed by atoms with Gasteiger partial charge in [-0.2, -0.15) is 0 Å². The van der Waals surface area contributed by atoms with E-state index in [-0.39, 0.29) is 29.1 Å². The number of aryl methyl sites for hydroxylation is 1. The molecular weight excluding hydrogens is 554 g/mol. The van der Waals surface area contributed by atoms with Gasteiger partial charge in [-0.3, -0.25) is 19.2 Å². The van der Waals surface area contributed by atoms with Gasteiger partial charge in [0, 0.05) is 38.5 Å². The van der Waals surface area contributed by atoms with Gasteiger partial charge in [-0.25, -0.2) is 0 Å². The zero-order chi connectivity index (χ0) is 31.1. The molecule has 43 heavy (non-hydrogen) atoms. The number of nitrogens with zero attached hydrogens (tertiary/aromatic N) is 1. The molecule has 232 valence electrons. The molecule has 1 saturated heterocycles. The van der Waals surface area contributed by atoms with E-state index in [1.54, 1.807) is 38.4 Å². The highest BCUT2D eigenvalue weighted by molar-refractivity contribution is 5.84. The largest absolute Gasteiger partial charge is 0.493 e. The highest BCUT2D eigenvalue weighted by atomic mass is 16.5. The van der Waals surface area contributed by atoms with E-state index in [4.69, 9.17) is 18.9 Å². The van der Waals surface area contributed by atoms with Crippen LogP contribution in [-0.4, -0.2) is 70.8 Å². The molecule has 0 radical (unpaired) electrons. The van der Waals surface area contributed by atoms with Crippen molar-refractivity contribution < 1.29 is 33.3 Å². The van der Waals surface area contributed by atoms with E-state index in [2.05, 4.69) is 10.6 Å². The van der Waals surface area contributed by atoms with Crippen LogP contribution in [0, 0.1) is 5.92 Å². The first-order chi connectivity index (χ1) is 20.7. The van der Waals surface area contributed by atoms with Gasteiger partial charge in [0.25, 0.3) is 0 Å². The molecule has 1 aliphatic carbocycles. The van der Waals surface area contributed by atoms with Crippen LogP contribution >= 0.6 is 0 Å². The number of carbonyl (C=O) groups excluding carboxylic acids is 3.